The Balaban J connectivity index is 1.93. The highest BCUT2D eigenvalue weighted by Crippen LogP contribution is 2.20. The van der Waals surface area contributed by atoms with E-state index in [0.29, 0.717) is 13.0 Å². The molecule has 1 aromatic carbocycles. The highest BCUT2D eigenvalue weighted by molar-refractivity contribution is 5.81. The van der Waals surface area contributed by atoms with Gasteiger partial charge < -0.3 is 5.11 Å². The number of fused-ring (bicyclic) bond motifs is 1. The van der Waals surface area contributed by atoms with E-state index in [9.17, 15) is 5.11 Å². The first-order valence-corrected chi connectivity index (χ1v) is 7.37. The molecule has 1 unspecified atom stereocenters. The van der Waals surface area contributed by atoms with Gasteiger partial charge in [-0.1, -0.05) is 25.1 Å². The third-order valence-electron chi connectivity index (χ3n) is 3.77. The molecule has 0 saturated carbocycles. The molecule has 0 radical (unpaired) electrons. The van der Waals surface area contributed by atoms with Crippen LogP contribution in [0.15, 0.2) is 36.7 Å². The second-order valence-corrected chi connectivity index (χ2v) is 5.17. The lowest BCUT2D eigenvalue weighted by atomic mass is 10.1. The molecule has 3 rings (SSSR count). The van der Waals surface area contributed by atoms with Gasteiger partial charge in [0.25, 0.3) is 0 Å². The fourth-order valence-corrected chi connectivity index (χ4v) is 2.58. The van der Waals surface area contributed by atoms with Gasteiger partial charge in [-0.3, -0.25) is 9.36 Å². The van der Waals surface area contributed by atoms with Crippen LogP contribution in [0.25, 0.3) is 10.9 Å². The lowest BCUT2D eigenvalue weighted by molar-refractivity contribution is 0.173. The molecule has 2 heterocycles. The molecule has 110 valence electrons. The highest BCUT2D eigenvalue weighted by atomic mass is 16.3. The summed E-state index contributed by atoms with van der Waals surface area (Å²) in [6, 6.07) is 8.24. The molecule has 0 aliphatic rings. The van der Waals surface area contributed by atoms with Gasteiger partial charge in [-0.25, -0.2) is 0 Å². The molecule has 1 N–H and O–H groups in total. The minimum absolute atomic E-state index is 0.441. The second kappa shape index (κ2) is 5.69. The molecule has 0 saturated heterocycles. The van der Waals surface area contributed by atoms with E-state index < -0.39 is 6.10 Å². The molecular formula is C16H20N4O. The summed E-state index contributed by atoms with van der Waals surface area (Å²) in [7, 11) is 0. The number of rotatable bonds is 5. The summed E-state index contributed by atoms with van der Waals surface area (Å²) >= 11 is 0. The Kier molecular flexibility index (Phi) is 3.75. The summed E-state index contributed by atoms with van der Waals surface area (Å²) in [4.78, 5) is 0. The van der Waals surface area contributed by atoms with Gasteiger partial charge in [0.1, 0.15) is 0 Å². The van der Waals surface area contributed by atoms with Crippen LogP contribution in [-0.4, -0.2) is 24.7 Å². The standard InChI is InChI=1S/C16H20N4O/c1-3-16(21)12-9-17-19(10-12)11-14-13-7-5-6-8-15(13)20(4-2)18-14/h5-10,16,21H,3-4,11H2,1-2H3. The van der Waals surface area contributed by atoms with Crippen molar-refractivity contribution in [1.29, 1.82) is 0 Å². The van der Waals surface area contributed by atoms with Crippen molar-refractivity contribution in [3.8, 4) is 0 Å². The van der Waals surface area contributed by atoms with E-state index in [0.717, 1.165) is 28.7 Å². The summed E-state index contributed by atoms with van der Waals surface area (Å²) in [5.74, 6) is 0. The summed E-state index contributed by atoms with van der Waals surface area (Å²) in [6.45, 7) is 5.51. The van der Waals surface area contributed by atoms with Gasteiger partial charge in [0.05, 0.1) is 30.1 Å². The molecular weight excluding hydrogens is 264 g/mol. The average Bonchev–Trinajstić information content (AvgIpc) is 3.12. The van der Waals surface area contributed by atoms with Gasteiger partial charge in [0.2, 0.25) is 0 Å². The first-order valence-electron chi connectivity index (χ1n) is 7.37. The molecule has 0 amide bonds. The van der Waals surface area contributed by atoms with Crippen LogP contribution < -0.4 is 0 Å². The largest absolute Gasteiger partial charge is 0.388 e. The van der Waals surface area contributed by atoms with Gasteiger partial charge in [0, 0.05) is 23.7 Å². The van der Waals surface area contributed by atoms with Crippen LogP contribution in [0, 0.1) is 0 Å². The van der Waals surface area contributed by atoms with Crippen molar-refractivity contribution in [3.05, 3.63) is 47.9 Å². The van der Waals surface area contributed by atoms with E-state index in [1.807, 2.05) is 34.6 Å². The number of hydrogen-bond acceptors (Lipinski definition) is 3. The summed E-state index contributed by atoms with van der Waals surface area (Å²) in [5.41, 5.74) is 3.01. The quantitative estimate of drug-likeness (QED) is 0.783. The van der Waals surface area contributed by atoms with Crippen LogP contribution in [0.1, 0.15) is 37.6 Å². The Morgan fingerprint density at radius 2 is 2.05 bits per heavy atom. The van der Waals surface area contributed by atoms with Gasteiger partial charge >= 0.3 is 0 Å². The maximum absolute atomic E-state index is 9.85. The van der Waals surface area contributed by atoms with E-state index in [1.54, 1.807) is 6.20 Å². The molecule has 0 aliphatic heterocycles. The van der Waals surface area contributed by atoms with Crippen molar-refractivity contribution >= 4 is 10.9 Å². The number of hydrogen-bond donors (Lipinski definition) is 1. The van der Waals surface area contributed by atoms with Gasteiger partial charge in [-0.2, -0.15) is 10.2 Å². The smallest absolute Gasteiger partial charge is 0.0918 e. The van der Waals surface area contributed by atoms with Crippen LogP contribution in [0.4, 0.5) is 0 Å². The summed E-state index contributed by atoms with van der Waals surface area (Å²) in [5, 5.41) is 20.0. The number of nitrogens with zero attached hydrogens (tertiary/aromatic N) is 4. The predicted octanol–water partition coefficient (Wildman–Crippen LogP) is 2.74. The topological polar surface area (TPSA) is 55.9 Å². The van der Waals surface area contributed by atoms with Gasteiger partial charge in [-0.15, -0.1) is 0 Å². The van der Waals surface area contributed by atoms with Crippen molar-refractivity contribution in [1.82, 2.24) is 19.6 Å². The fraction of sp³-hybridized carbons (Fsp3) is 0.375. The van der Waals surface area contributed by atoms with Crippen LogP contribution in [0.5, 0.6) is 0 Å². The maximum Gasteiger partial charge on any atom is 0.0918 e. The lowest BCUT2D eigenvalue weighted by Gasteiger charge is -2.02. The van der Waals surface area contributed by atoms with E-state index >= 15 is 0 Å². The van der Waals surface area contributed by atoms with Crippen LogP contribution in [0.3, 0.4) is 0 Å². The molecule has 21 heavy (non-hydrogen) atoms. The zero-order valence-corrected chi connectivity index (χ0v) is 12.4. The molecule has 2 aromatic heterocycles. The Hall–Kier alpha value is -2.14. The molecule has 0 bridgehead atoms. The molecule has 0 fully saturated rings. The summed E-state index contributed by atoms with van der Waals surface area (Å²) < 4.78 is 3.85. The van der Waals surface area contributed by atoms with Crippen molar-refractivity contribution in [2.45, 2.75) is 39.5 Å². The SMILES string of the molecule is CCC(O)c1cnn(Cc2nn(CC)c3ccccc23)c1. The minimum Gasteiger partial charge on any atom is -0.388 e. The number of aliphatic hydroxyl groups is 1. The second-order valence-electron chi connectivity index (χ2n) is 5.17. The number of para-hydroxylation sites is 1. The molecule has 0 aliphatic carbocycles. The Morgan fingerprint density at radius 3 is 2.81 bits per heavy atom. The number of aromatic nitrogens is 4. The van der Waals surface area contributed by atoms with Gasteiger partial charge in [0.15, 0.2) is 0 Å². The zero-order valence-electron chi connectivity index (χ0n) is 12.4. The monoisotopic (exact) mass is 284 g/mol. The van der Waals surface area contributed by atoms with Crippen molar-refractivity contribution in [2.75, 3.05) is 0 Å². The summed E-state index contributed by atoms with van der Waals surface area (Å²) in [6.07, 6.45) is 3.88. The number of benzene rings is 1. The minimum atomic E-state index is -0.441. The van der Waals surface area contributed by atoms with Crippen LogP contribution in [0.2, 0.25) is 0 Å². The van der Waals surface area contributed by atoms with Gasteiger partial charge in [-0.05, 0) is 19.4 Å². The third-order valence-corrected chi connectivity index (χ3v) is 3.77. The van der Waals surface area contributed by atoms with E-state index in [-0.39, 0.29) is 0 Å². The van der Waals surface area contributed by atoms with Crippen LogP contribution >= 0.6 is 0 Å². The lowest BCUT2D eigenvalue weighted by Crippen LogP contribution is -2.03. The highest BCUT2D eigenvalue weighted by Gasteiger charge is 2.12. The van der Waals surface area contributed by atoms with Crippen LogP contribution in [-0.2, 0) is 13.1 Å². The molecule has 0 spiro atoms. The van der Waals surface area contributed by atoms with E-state index in [1.165, 1.54) is 0 Å². The fourth-order valence-electron chi connectivity index (χ4n) is 2.58. The Labute approximate surface area is 123 Å². The zero-order chi connectivity index (χ0) is 14.8. The third kappa shape index (κ3) is 2.56. The number of aryl methyl sites for hydroxylation is 1. The molecule has 5 heteroatoms. The van der Waals surface area contributed by atoms with Crippen molar-refractivity contribution in [2.24, 2.45) is 0 Å². The normalized spacial score (nSPS) is 12.9. The first-order chi connectivity index (χ1) is 10.2. The maximum atomic E-state index is 9.85. The van der Waals surface area contributed by atoms with Crippen molar-refractivity contribution in [3.63, 3.8) is 0 Å². The average molecular weight is 284 g/mol. The van der Waals surface area contributed by atoms with E-state index in [2.05, 4.69) is 29.3 Å². The van der Waals surface area contributed by atoms with E-state index in [4.69, 9.17) is 0 Å². The predicted molar refractivity (Wildman–Crippen MR) is 82.0 cm³/mol. The Morgan fingerprint density at radius 1 is 1.24 bits per heavy atom. The number of aliphatic hydroxyl groups excluding tert-OH is 1. The molecule has 5 nitrogen and oxygen atoms in total. The van der Waals surface area contributed by atoms with Crippen molar-refractivity contribution < 1.29 is 5.11 Å². The molecule has 3 aromatic rings. The Bertz CT molecular complexity index is 744. The molecule has 1 atom stereocenters. The first kappa shape index (κ1) is 13.8.